The Bertz CT molecular complexity index is 278. The van der Waals surface area contributed by atoms with E-state index in [-0.39, 0.29) is 0 Å². The maximum absolute atomic E-state index is 10.4. The summed E-state index contributed by atoms with van der Waals surface area (Å²) in [6.45, 7) is 3.19. The van der Waals surface area contributed by atoms with Crippen LogP contribution in [0.15, 0.2) is 0 Å². The maximum atomic E-state index is 10.4. The molecule has 0 aromatic heterocycles. The van der Waals surface area contributed by atoms with Crippen molar-refractivity contribution < 1.29 is 14.6 Å². The highest BCUT2D eigenvalue weighted by atomic mass is 16.5. The molecule has 0 amide bonds. The molecule has 1 atom stereocenters. The van der Waals surface area contributed by atoms with Crippen LogP contribution in [0.2, 0.25) is 0 Å². The van der Waals surface area contributed by atoms with Gasteiger partial charge in [-0.3, -0.25) is 4.79 Å². The lowest BCUT2D eigenvalue weighted by Gasteiger charge is -2.16. The van der Waals surface area contributed by atoms with Crippen LogP contribution in [0.25, 0.3) is 0 Å². The molecule has 0 rings (SSSR count). The molecule has 1 N–H and O–H groups in total. The van der Waals surface area contributed by atoms with Crippen LogP contribution in [0, 0.1) is 5.92 Å². The molecule has 25 heavy (non-hydrogen) atoms. The molecule has 0 saturated heterocycles. The smallest absolute Gasteiger partial charge is 0.303 e. The van der Waals surface area contributed by atoms with Crippen LogP contribution in [0.4, 0.5) is 0 Å². The Hall–Kier alpha value is -0.570. The molecule has 0 aliphatic carbocycles. The average molecular weight is 357 g/mol. The topological polar surface area (TPSA) is 46.5 Å². The second-order valence-electron chi connectivity index (χ2n) is 7.64. The van der Waals surface area contributed by atoms with Crippen LogP contribution in [0.5, 0.6) is 0 Å². The van der Waals surface area contributed by atoms with Crippen molar-refractivity contribution in [2.24, 2.45) is 5.92 Å². The van der Waals surface area contributed by atoms with E-state index < -0.39 is 5.97 Å². The van der Waals surface area contributed by atoms with E-state index in [1.54, 1.807) is 0 Å². The molecule has 0 saturated carbocycles. The van der Waals surface area contributed by atoms with E-state index in [2.05, 4.69) is 6.92 Å². The number of carboxylic acids is 1. The Morgan fingerprint density at radius 3 is 1.64 bits per heavy atom. The molecule has 0 bridgehead atoms. The summed E-state index contributed by atoms with van der Waals surface area (Å²) in [5, 5.41) is 8.61. The van der Waals surface area contributed by atoms with Gasteiger partial charge in [-0.25, -0.2) is 0 Å². The van der Waals surface area contributed by atoms with E-state index in [4.69, 9.17) is 9.84 Å². The monoisotopic (exact) mass is 356 g/mol. The molecular weight excluding hydrogens is 312 g/mol. The Morgan fingerprint density at radius 1 is 0.760 bits per heavy atom. The molecule has 0 aliphatic heterocycles. The summed E-state index contributed by atoms with van der Waals surface area (Å²) >= 11 is 0. The van der Waals surface area contributed by atoms with Gasteiger partial charge in [0.15, 0.2) is 0 Å². The molecule has 0 spiro atoms. The number of hydrogen-bond donors (Lipinski definition) is 1. The quantitative estimate of drug-likeness (QED) is 0.239. The van der Waals surface area contributed by atoms with Gasteiger partial charge < -0.3 is 9.84 Å². The highest BCUT2D eigenvalue weighted by Gasteiger charge is 2.08. The van der Waals surface area contributed by atoms with E-state index in [1.165, 1.54) is 89.9 Å². The van der Waals surface area contributed by atoms with Crippen molar-refractivity contribution in [2.45, 2.75) is 116 Å². The first-order valence-corrected chi connectivity index (χ1v) is 10.9. The predicted octanol–water partition coefficient (Wildman–Crippen LogP) is 6.99. The van der Waals surface area contributed by atoms with Crippen LogP contribution in [0.1, 0.15) is 116 Å². The van der Waals surface area contributed by atoms with Gasteiger partial charge in [0.2, 0.25) is 0 Å². The number of ether oxygens (including phenoxy) is 1. The average Bonchev–Trinajstić information content (AvgIpc) is 2.59. The Labute approximate surface area is 156 Å². The van der Waals surface area contributed by atoms with Crippen molar-refractivity contribution in [1.82, 2.24) is 0 Å². The zero-order valence-electron chi connectivity index (χ0n) is 17.1. The van der Waals surface area contributed by atoms with Gasteiger partial charge in [0.05, 0.1) is 0 Å². The highest BCUT2D eigenvalue weighted by molar-refractivity contribution is 5.66. The third-order valence-corrected chi connectivity index (χ3v) is 5.12. The van der Waals surface area contributed by atoms with Crippen molar-refractivity contribution in [3.63, 3.8) is 0 Å². The van der Waals surface area contributed by atoms with Crippen LogP contribution < -0.4 is 0 Å². The number of rotatable bonds is 20. The SMILES string of the molecule is CCCCCCCCCCC(CCCCCCCCC(=O)O)COC. The second kappa shape index (κ2) is 19.8. The Morgan fingerprint density at radius 2 is 1.20 bits per heavy atom. The number of methoxy groups -OCH3 is 1. The van der Waals surface area contributed by atoms with Crippen LogP contribution in [-0.4, -0.2) is 24.8 Å². The summed E-state index contributed by atoms with van der Waals surface area (Å²) in [4.78, 5) is 10.4. The molecular formula is C22H44O3. The molecule has 0 heterocycles. The fraction of sp³-hybridized carbons (Fsp3) is 0.955. The minimum Gasteiger partial charge on any atom is -0.481 e. The fourth-order valence-corrected chi connectivity index (χ4v) is 3.53. The third kappa shape index (κ3) is 19.6. The third-order valence-electron chi connectivity index (χ3n) is 5.12. The van der Waals surface area contributed by atoms with Gasteiger partial charge in [-0.05, 0) is 25.2 Å². The predicted molar refractivity (Wildman–Crippen MR) is 107 cm³/mol. The van der Waals surface area contributed by atoms with Crippen LogP contribution in [0.3, 0.4) is 0 Å². The second-order valence-corrected chi connectivity index (χ2v) is 7.64. The molecule has 0 aliphatic rings. The normalized spacial score (nSPS) is 12.4. The standard InChI is InChI=1S/C22H44O3/c1-3-4-5-6-7-8-11-14-17-21(20-25-2)18-15-12-9-10-13-16-19-22(23)24/h21H,3-20H2,1-2H3,(H,23,24). The molecule has 150 valence electrons. The van der Waals surface area contributed by atoms with Gasteiger partial charge in [-0.15, -0.1) is 0 Å². The number of carbonyl (C=O) groups is 1. The number of carboxylic acid groups (broad SMARTS) is 1. The summed E-state index contributed by atoms with van der Waals surface area (Å²) in [5.74, 6) is 0.0699. The van der Waals surface area contributed by atoms with Crippen molar-refractivity contribution in [3.8, 4) is 0 Å². The van der Waals surface area contributed by atoms with Crippen LogP contribution >= 0.6 is 0 Å². The number of hydrogen-bond acceptors (Lipinski definition) is 2. The lowest BCUT2D eigenvalue weighted by Crippen LogP contribution is -2.08. The summed E-state index contributed by atoms with van der Waals surface area (Å²) in [6, 6.07) is 0. The highest BCUT2D eigenvalue weighted by Crippen LogP contribution is 2.19. The largest absolute Gasteiger partial charge is 0.481 e. The molecule has 0 aromatic carbocycles. The number of aliphatic carboxylic acids is 1. The van der Waals surface area contributed by atoms with E-state index >= 15 is 0 Å². The van der Waals surface area contributed by atoms with Gasteiger partial charge in [-0.2, -0.15) is 0 Å². The van der Waals surface area contributed by atoms with Crippen molar-refractivity contribution in [3.05, 3.63) is 0 Å². The zero-order valence-corrected chi connectivity index (χ0v) is 17.1. The fourth-order valence-electron chi connectivity index (χ4n) is 3.53. The molecule has 0 aromatic rings. The van der Waals surface area contributed by atoms with Crippen LogP contribution in [-0.2, 0) is 9.53 Å². The molecule has 0 radical (unpaired) electrons. The van der Waals surface area contributed by atoms with Gasteiger partial charge in [0, 0.05) is 20.1 Å². The minimum atomic E-state index is -0.664. The molecule has 0 fully saturated rings. The van der Waals surface area contributed by atoms with Crippen molar-refractivity contribution in [1.29, 1.82) is 0 Å². The van der Waals surface area contributed by atoms with Gasteiger partial charge in [0.25, 0.3) is 0 Å². The number of unbranched alkanes of at least 4 members (excludes halogenated alkanes) is 12. The summed E-state index contributed by atoms with van der Waals surface area (Å²) in [5.41, 5.74) is 0. The van der Waals surface area contributed by atoms with Gasteiger partial charge in [0.1, 0.15) is 0 Å². The molecule has 3 heteroatoms. The van der Waals surface area contributed by atoms with E-state index in [0.29, 0.717) is 6.42 Å². The maximum Gasteiger partial charge on any atom is 0.303 e. The first-order chi connectivity index (χ1) is 12.2. The summed E-state index contributed by atoms with van der Waals surface area (Å²) in [7, 11) is 1.82. The summed E-state index contributed by atoms with van der Waals surface area (Å²) < 4.78 is 5.40. The van der Waals surface area contributed by atoms with Gasteiger partial charge >= 0.3 is 5.97 Å². The van der Waals surface area contributed by atoms with Gasteiger partial charge in [-0.1, -0.05) is 90.4 Å². The lowest BCUT2D eigenvalue weighted by molar-refractivity contribution is -0.137. The molecule has 3 nitrogen and oxygen atoms in total. The van der Waals surface area contributed by atoms with Crippen molar-refractivity contribution in [2.75, 3.05) is 13.7 Å². The van der Waals surface area contributed by atoms with E-state index in [9.17, 15) is 4.79 Å². The lowest BCUT2D eigenvalue weighted by atomic mass is 9.94. The van der Waals surface area contributed by atoms with Crippen molar-refractivity contribution >= 4 is 5.97 Å². The molecule has 1 unspecified atom stereocenters. The Balaban J connectivity index is 3.46. The minimum absolute atomic E-state index is 0.328. The van der Waals surface area contributed by atoms with E-state index in [1.807, 2.05) is 7.11 Å². The Kier molecular flexibility index (Phi) is 19.3. The first-order valence-electron chi connectivity index (χ1n) is 10.9. The van der Waals surface area contributed by atoms with E-state index in [0.717, 1.165) is 25.4 Å². The summed E-state index contributed by atoms with van der Waals surface area (Å²) in [6.07, 6.45) is 21.0. The first kappa shape index (κ1) is 24.4. The zero-order chi connectivity index (χ0) is 18.6.